The largest absolute Gasteiger partial charge is 0.395 e. The van der Waals surface area contributed by atoms with Gasteiger partial charge in [0.1, 0.15) is 11.6 Å². The minimum atomic E-state index is 0.156. The Bertz CT molecular complexity index is 340. The molecule has 0 atom stereocenters. The zero-order valence-electron chi connectivity index (χ0n) is 11.7. The zero-order valence-corrected chi connectivity index (χ0v) is 11.7. The number of hydrogen-bond donors (Lipinski definition) is 2. The highest BCUT2D eigenvalue weighted by Gasteiger charge is 2.16. The summed E-state index contributed by atoms with van der Waals surface area (Å²) in [6.07, 6.45) is 2.12. The topological polar surface area (TPSA) is 48.4 Å². The predicted molar refractivity (Wildman–Crippen MR) is 77.2 cm³/mol. The predicted octanol–water partition coefficient (Wildman–Crippen LogP) is 2.50. The first-order valence-corrected chi connectivity index (χ1v) is 6.85. The minimum Gasteiger partial charge on any atom is -0.395 e. The van der Waals surface area contributed by atoms with Gasteiger partial charge in [-0.2, -0.15) is 0 Å². The Balaban J connectivity index is 2.93. The fraction of sp³-hybridized carbons (Fsp3) is 0.643. The van der Waals surface area contributed by atoms with Gasteiger partial charge in [-0.25, -0.2) is 4.98 Å². The Morgan fingerprint density at radius 3 is 2.56 bits per heavy atom. The van der Waals surface area contributed by atoms with Crippen LogP contribution in [-0.4, -0.2) is 35.8 Å². The molecule has 0 aliphatic carbocycles. The van der Waals surface area contributed by atoms with Gasteiger partial charge in [0.15, 0.2) is 0 Å². The molecule has 1 aromatic rings. The van der Waals surface area contributed by atoms with E-state index in [0.29, 0.717) is 12.6 Å². The van der Waals surface area contributed by atoms with Crippen LogP contribution in [0.3, 0.4) is 0 Å². The van der Waals surface area contributed by atoms with Gasteiger partial charge in [0.25, 0.3) is 0 Å². The van der Waals surface area contributed by atoms with Crippen molar-refractivity contribution in [2.75, 3.05) is 29.9 Å². The Labute approximate surface area is 110 Å². The molecule has 0 bridgehead atoms. The molecular formula is C14H25N3O. The van der Waals surface area contributed by atoms with Crippen LogP contribution in [0, 0.1) is 0 Å². The number of aliphatic hydroxyl groups is 1. The number of hydrogen-bond acceptors (Lipinski definition) is 4. The molecule has 0 unspecified atom stereocenters. The SMILES string of the molecule is CCNc1cccc(N(CCO)C(CC)CC)n1. The Kier molecular flexibility index (Phi) is 6.50. The molecule has 0 amide bonds. The molecule has 4 heteroatoms. The third-order valence-electron chi connectivity index (χ3n) is 3.11. The summed E-state index contributed by atoms with van der Waals surface area (Å²) in [6.45, 7) is 8.06. The van der Waals surface area contributed by atoms with Gasteiger partial charge < -0.3 is 15.3 Å². The fourth-order valence-electron chi connectivity index (χ4n) is 2.18. The fourth-order valence-corrected chi connectivity index (χ4v) is 2.18. The van der Waals surface area contributed by atoms with Crippen LogP contribution >= 0.6 is 0 Å². The summed E-state index contributed by atoms with van der Waals surface area (Å²) in [4.78, 5) is 6.80. The van der Waals surface area contributed by atoms with E-state index in [4.69, 9.17) is 0 Å². The molecule has 0 saturated heterocycles. The maximum absolute atomic E-state index is 9.23. The normalized spacial score (nSPS) is 10.7. The maximum Gasteiger partial charge on any atom is 0.131 e. The van der Waals surface area contributed by atoms with E-state index < -0.39 is 0 Å². The summed E-state index contributed by atoms with van der Waals surface area (Å²) in [7, 11) is 0. The van der Waals surface area contributed by atoms with Gasteiger partial charge in [-0.3, -0.25) is 0 Å². The van der Waals surface area contributed by atoms with E-state index in [0.717, 1.165) is 31.0 Å². The van der Waals surface area contributed by atoms with Crippen LogP contribution in [0.4, 0.5) is 11.6 Å². The molecule has 0 spiro atoms. The van der Waals surface area contributed by atoms with Gasteiger partial charge in [0.05, 0.1) is 6.61 Å². The summed E-state index contributed by atoms with van der Waals surface area (Å²) >= 11 is 0. The van der Waals surface area contributed by atoms with E-state index in [9.17, 15) is 5.11 Å². The highest BCUT2D eigenvalue weighted by atomic mass is 16.3. The van der Waals surface area contributed by atoms with Gasteiger partial charge in [-0.15, -0.1) is 0 Å². The van der Waals surface area contributed by atoms with Crippen molar-refractivity contribution >= 4 is 11.6 Å². The quantitative estimate of drug-likeness (QED) is 0.745. The van der Waals surface area contributed by atoms with Crippen LogP contribution in [0.2, 0.25) is 0 Å². The first-order chi connectivity index (χ1) is 8.76. The number of anilines is 2. The van der Waals surface area contributed by atoms with Crippen molar-refractivity contribution in [1.29, 1.82) is 0 Å². The van der Waals surface area contributed by atoms with Crippen molar-refractivity contribution < 1.29 is 5.11 Å². The molecule has 0 aliphatic rings. The van der Waals surface area contributed by atoms with Crippen LogP contribution in [0.15, 0.2) is 18.2 Å². The van der Waals surface area contributed by atoms with Crippen molar-refractivity contribution in [3.05, 3.63) is 18.2 Å². The Hall–Kier alpha value is -1.29. The molecule has 0 radical (unpaired) electrons. The van der Waals surface area contributed by atoms with Crippen LogP contribution in [-0.2, 0) is 0 Å². The van der Waals surface area contributed by atoms with E-state index >= 15 is 0 Å². The lowest BCUT2D eigenvalue weighted by molar-refractivity contribution is 0.295. The first-order valence-electron chi connectivity index (χ1n) is 6.85. The summed E-state index contributed by atoms with van der Waals surface area (Å²) in [6, 6.07) is 6.42. The van der Waals surface area contributed by atoms with Crippen molar-refractivity contribution in [3.8, 4) is 0 Å². The summed E-state index contributed by atoms with van der Waals surface area (Å²) in [5.74, 6) is 1.83. The third-order valence-corrected chi connectivity index (χ3v) is 3.11. The second-order valence-corrected chi connectivity index (χ2v) is 4.30. The average molecular weight is 251 g/mol. The Morgan fingerprint density at radius 2 is 2.00 bits per heavy atom. The monoisotopic (exact) mass is 251 g/mol. The lowest BCUT2D eigenvalue weighted by Gasteiger charge is -2.31. The smallest absolute Gasteiger partial charge is 0.131 e. The number of nitrogens with zero attached hydrogens (tertiary/aromatic N) is 2. The second kappa shape index (κ2) is 7.93. The van der Waals surface area contributed by atoms with Crippen LogP contribution in [0.25, 0.3) is 0 Å². The minimum absolute atomic E-state index is 0.156. The molecule has 0 aromatic carbocycles. The molecule has 0 saturated carbocycles. The Morgan fingerprint density at radius 1 is 1.28 bits per heavy atom. The molecule has 102 valence electrons. The lowest BCUT2D eigenvalue weighted by Crippen LogP contribution is -2.37. The molecule has 1 heterocycles. The zero-order chi connectivity index (χ0) is 13.4. The summed E-state index contributed by atoms with van der Waals surface area (Å²) in [5.41, 5.74) is 0. The number of rotatable bonds is 8. The van der Waals surface area contributed by atoms with E-state index in [1.165, 1.54) is 0 Å². The van der Waals surface area contributed by atoms with E-state index in [1.54, 1.807) is 0 Å². The number of aromatic nitrogens is 1. The van der Waals surface area contributed by atoms with Crippen molar-refractivity contribution in [2.45, 2.75) is 39.7 Å². The van der Waals surface area contributed by atoms with Crippen LogP contribution in [0.1, 0.15) is 33.6 Å². The van der Waals surface area contributed by atoms with Gasteiger partial charge in [-0.05, 0) is 31.9 Å². The highest BCUT2D eigenvalue weighted by molar-refractivity contribution is 5.47. The second-order valence-electron chi connectivity index (χ2n) is 4.30. The number of nitrogens with one attached hydrogen (secondary N) is 1. The van der Waals surface area contributed by atoms with Crippen molar-refractivity contribution in [3.63, 3.8) is 0 Å². The van der Waals surface area contributed by atoms with Crippen molar-refractivity contribution in [2.24, 2.45) is 0 Å². The molecule has 1 rings (SSSR count). The lowest BCUT2D eigenvalue weighted by atomic mass is 10.1. The summed E-state index contributed by atoms with van der Waals surface area (Å²) < 4.78 is 0. The van der Waals surface area contributed by atoms with E-state index in [1.807, 2.05) is 18.2 Å². The molecule has 0 fully saturated rings. The van der Waals surface area contributed by atoms with Gasteiger partial charge in [0.2, 0.25) is 0 Å². The molecule has 0 aliphatic heterocycles. The van der Waals surface area contributed by atoms with Crippen LogP contribution < -0.4 is 10.2 Å². The highest BCUT2D eigenvalue weighted by Crippen LogP contribution is 2.19. The first kappa shape index (κ1) is 14.8. The number of aliphatic hydroxyl groups excluding tert-OH is 1. The molecule has 18 heavy (non-hydrogen) atoms. The molecular weight excluding hydrogens is 226 g/mol. The molecule has 1 aromatic heterocycles. The molecule has 2 N–H and O–H groups in total. The summed E-state index contributed by atoms with van der Waals surface area (Å²) in [5, 5.41) is 12.4. The van der Waals surface area contributed by atoms with Gasteiger partial charge in [0, 0.05) is 19.1 Å². The number of pyridine rings is 1. The van der Waals surface area contributed by atoms with Crippen LogP contribution in [0.5, 0.6) is 0 Å². The van der Waals surface area contributed by atoms with Gasteiger partial charge >= 0.3 is 0 Å². The molecule has 4 nitrogen and oxygen atoms in total. The van der Waals surface area contributed by atoms with E-state index in [-0.39, 0.29) is 6.61 Å². The maximum atomic E-state index is 9.23. The van der Waals surface area contributed by atoms with Gasteiger partial charge in [-0.1, -0.05) is 19.9 Å². The third kappa shape index (κ3) is 3.88. The average Bonchev–Trinajstić information content (AvgIpc) is 2.40. The van der Waals surface area contributed by atoms with Crippen molar-refractivity contribution in [1.82, 2.24) is 4.98 Å². The standard InChI is InChI=1S/C14H25N3O/c1-4-12(5-2)17(10-11-18)14-9-7-8-13(16-14)15-6-3/h7-9,12,18H,4-6,10-11H2,1-3H3,(H,15,16). The van der Waals surface area contributed by atoms with E-state index in [2.05, 4.69) is 36.0 Å².